The van der Waals surface area contributed by atoms with Crippen LogP contribution in [0.5, 0.6) is 0 Å². The normalized spacial score (nSPS) is 13.1. The Morgan fingerprint density at radius 3 is 1.28 bits per heavy atom. The molecule has 0 aromatic rings. The van der Waals surface area contributed by atoms with Gasteiger partial charge in [-0.05, 0) is 83.5 Å². The highest BCUT2D eigenvalue weighted by atomic mass is 16.6. The molecule has 1 atom stereocenters. The number of ether oxygens (including phenoxy) is 3. The van der Waals surface area contributed by atoms with Crippen molar-refractivity contribution < 1.29 is 28.6 Å². The Kier molecular flexibility index (Phi) is 44.6. The summed E-state index contributed by atoms with van der Waals surface area (Å²) in [5.41, 5.74) is 0. The van der Waals surface area contributed by atoms with E-state index in [2.05, 4.69) is 75.5 Å². The van der Waals surface area contributed by atoms with Gasteiger partial charge in [-0.2, -0.15) is 0 Å². The number of esters is 3. The molecule has 0 N–H and O–H groups in total. The number of rotatable bonds is 41. The van der Waals surface area contributed by atoms with Crippen LogP contribution in [0.4, 0.5) is 0 Å². The Hall–Kier alpha value is -3.93. The second-order valence-electron chi connectivity index (χ2n) is 15.4. The van der Waals surface area contributed by atoms with Crippen LogP contribution in [-0.2, 0) is 28.6 Å². The molecular weight excluding hydrogens is 745 g/mol. The van der Waals surface area contributed by atoms with E-state index in [1.807, 2.05) is 54.7 Å². The van der Waals surface area contributed by atoms with Crippen molar-refractivity contribution in [2.24, 2.45) is 0 Å². The molecule has 0 heterocycles. The Morgan fingerprint density at radius 1 is 0.367 bits per heavy atom. The zero-order valence-corrected chi connectivity index (χ0v) is 38.4. The monoisotopic (exact) mass is 831 g/mol. The van der Waals surface area contributed by atoms with Gasteiger partial charge in [-0.3, -0.25) is 14.4 Å². The molecule has 0 saturated carbocycles. The van der Waals surface area contributed by atoms with Gasteiger partial charge in [-0.1, -0.05) is 201 Å². The lowest BCUT2D eigenvalue weighted by molar-refractivity contribution is -0.167. The van der Waals surface area contributed by atoms with Gasteiger partial charge in [0.05, 0.1) is 0 Å². The molecule has 0 aromatic carbocycles. The average molecular weight is 831 g/mol. The molecule has 0 saturated heterocycles. The number of unbranched alkanes of at least 4 members (excludes halogenated alkanes) is 17. The van der Waals surface area contributed by atoms with Gasteiger partial charge >= 0.3 is 17.9 Å². The minimum atomic E-state index is -0.816. The minimum Gasteiger partial charge on any atom is -0.462 e. The lowest BCUT2D eigenvalue weighted by Gasteiger charge is -2.18. The Labute approximate surface area is 368 Å². The maximum absolute atomic E-state index is 12.8. The van der Waals surface area contributed by atoms with Gasteiger partial charge in [0.15, 0.2) is 6.10 Å². The van der Waals surface area contributed by atoms with E-state index in [-0.39, 0.29) is 37.5 Å². The Balaban J connectivity index is 4.53. The standard InChI is InChI=1S/C54H86O6/c1-4-7-10-13-16-19-22-25-27-30-32-35-38-41-44-47-53(56)59-50-51(49-58-52(55)46-43-40-37-34-31-28-24-21-18-15-12-9-6-3)60-54(57)48-45-42-39-36-33-29-26-23-20-17-14-11-8-5-2/h8-9,11-12,15-22,24-25,28,31,34,37,51H,4-7,10,13-14,23,26-27,29-30,32-33,35-36,38-50H2,1-3H3/b11-8+,12-9+,18-15+,19-16+,20-17+,24-21+,25-22+,31-28+,37-34+. The SMILES string of the molecule is CC/C=C/C=C/C=C/C=C/C=C/CCCC(=O)OCC(COC(=O)CCCCCCCC/C=C/C=C/CCCCC)OC(=O)CCCCCCCCC/C=C/C/C=C/CC. The summed E-state index contributed by atoms with van der Waals surface area (Å²) in [6, 6.07) is 0. The first kappa shape index (κ1) is 56.1. The number of hydrogen-bond acceptors (Lipinski definition) is 6. The number of allylic oxidation sites excluding steroid dienone is 18. The summed E-state index contributed by atoms with van der Waals surface area (Å²) in [5.74, 6) is -1.02. The van der Waals surface area contributed by atoms with Crippen LogP contribution < -0.4 is 0 Å². The topological polar surface area (TPSA) is 78.9 Å². The van der Waals surface area contributed by atoms with Crippen molar-refractivity contribution in [3.63, 3.8) is 0 Å². The second-order valence-corrected chi connectivity index (χ2v) is 15.4. The first-order valence-corrected chi connectivity index (χ1v) is 24.0. The van der Waals surface area contributed by atoms with Crippen molar-refractivity contribution >= 4 is 17.9 Å². The van der Waals surface area contributed by atoms with Crippen LogP contribution in [-0.4, -0.2) is 37.2 Å². The van der Waals surface area contributed by atoms with E-state index < -0.39 is 6.10 Å². The molecule has 6 heteroatoms. The van der Waals surface area contributed by atoms with E-state index in [1.165, 1.54) is 64.2 Å². The highest BCUT2D eigenvalue weighted by Crippen LogP contribution is 2.13. The summed E-state index contributed by atoms with van der Waals surface area (Å²) in [5, 5.41) is 0. The summed E-state index contributed by atoms with van der Waals surface area (Å²) in [4.78, 5) is 37.8. The molecule has 1 unspecified atom stereocenters. The van der Waals surface area contributed by atoms with Crippen molar-refractivity contribution in [1.82, 2.24) is 0 Å². The first-order chi connectivity index (χ1) is 29.5. The van der Waals surface area contributed by atoms with Crippen LogP contribution in [0.25, 0.3) is 0 Å². The third-order valence-electron chi connectivity index (χ3n) is 9.65. The summed E-state index contributed by atoms with van der Waals surface area (Å²) in [6.07, 6.45) is 63.6. The fraction of sp³-hybridized carbons (Fsp3) is 0.611. The second kappa shape index (κ2) is 47.7. The molecule has 0 rings (SSSR count). The largest absolute Gasteiger partial charge is 0.462 e. The number of carbonyl (C=O) groups excluding carboxylic acids is 3. The lowest BCUT2D eigenvalue weighted by atomic mass is 10.1. The highest BCUT2D eigenvalue weighted by molar-refractivity contribution is 5.71. The molecule has 0 aliphatic carbocycles. The maximum atomic E-state index is 12.8. The Bertz CT molecular complexity index is 1280. The van der Waals surface area contributed by atoms with Crippen LogP contribution in [0.2, 0.25) is 0 Å². The molecular formula is C54H86O6. The highest BCUT2D eigenvalue weighted by Gasteiger charge is 2.19. The summed E-state index contributed by atoms with van der Waals surface area (Å²) in [7, 11) is 0. The van der Waals surface area contributed by atoms with Crippen LogP contribution in [0, 0.1) is 0 Å². The van der Waals surface area contributed by atoms with Crippen molar-refractivity contribution in [1.29, 1.82) is 0 Å². The predicted molar refractivity (Wildman–Crippen MR) is 256 cm³/mol. The molecule has 0 aliphatic heterocycles. The van der Waals surface area contributed by atoms with Crippen molar-refractivity contribution in [3.8, 4) is 0 Å². The molecule has 0 bridgehead atoms. The molecule has 60 heavy (non-hydrogen) atoms. The van der Waals surface area contributed by atoms with Gasteiger partial charge < -0.3 is 14.2 Å². The molecule has 338 valence electrons. The fourth-order valence-electron chi connectivity index (χ4n) is 6.09. The van der Waals surface area contributed by atoms with Gasteiger partial charge in [-0.25, -0.2) is 0 Å². The van der Waals surface area contributed by atoms with E-state index in [9.17, 15) is 14.4 Å². The van der Waals surface area contributed by atoms with Crippen LogP contribution in [0.1, 0.15) is 194 Å². The smallest absolute Gasteiger partial charge is 0.306 e. The summed E-state index contributed by atoms with van der Waals surface area (Å²) >= 11 is 0. The van der Waals surface area contributed by atoms with E-state index in [0.717, 1.165) is 83.5 Å². The van der Waals surface area contributed by atoms with E-state index >= 15 is 0 Å². The minimum absolute atomic E-state index is 0.112. The van der Waals surface area contributed by atoms with Gasteiger partial charge in [-0.15, -0.1) is 0 Å². The zero-order valence-electron chi connectivity index (χ0n) is 38.4. The number of carbonyl (C=O) groups is 3. The molecule has 0 radical (unpaired) electrons. The predicted octanol–water partition coefficient (Wildman–Crippen LogP) is 15.6. The van der Waals surface area contributed by atoms with Gasteiger partial charge in [0.2, 0.25) is 0 Å². The fourth-order valence-corrected chi connectivity index (χ4v) is 6.09. The van der Waals surface area contributed by atoms with Crippen LogP contribution in [0.15, 0.2) is 109 Å². The van der Waals surface area contributed by atoms with Crippen molar-refractivity contribution in [2.45, 2.75) is 200 Å². The average Bonchev–Trinajstić information content (AvgIpc) is 3.24. The van der Waals surface area contributed by atoms with Crippen LogP contribution >= 0.6 is 0 Å². The van der Waals surface area contributed by atoms with Crippen molar-refractivity contribution in [3.05, 3.63) is 109 Å². The van der Waals surface area contributed by atoms with Gasteiger partial charge in [0.25, 0.3) is 0 Å². The molecule has 0 fully saturated rings. The third kappa shape index (κ3) is 45.2. The zero-order chi connectivity index (χ0) is 43.7. The van der Waals surface area contributed by atoms with E-state index in [1.54, 1.807) is 0 Å². The quantitative estimate of drug-likeness (QED) is 0.0201. The van der Waals surface area contributed by atoms with Gasteiger partial charge in [0, 0.05) is 19.3 Å². The van der Waals surface area contributed by atoms with Crippen LogP contribution in [0.3, 0.4) is 0 Å². The van der Waals surface area contributed by atoms with E-state index in [0.29, 0.717) is 19.3 Å². The Morgan fingerprint density at radius 2 is 0.750 bits per heavy atom. The van der Waals surface area contributed by atoms with Crippen molar-refractivity contribution in [2.75, 3.05) is 13.2 Å². The third-order valence-corrected chi connectivity index (χ3v) is 9.65. The van der Waals surface area contributed by atoms with Gasteiger partial charge in [0.1, 0.15) is 13.2 Å². The summed E-state index contributed by atoms with van der Waals surface area (Å²) < 4.78 is 16.7. The first-order valence-electron chi connectivity index (χ1n) is 24.0. The number of hydrogen-bond donors (Lipinski definition) is 0. The molecule has 0 aromatic heterocycles. The molecule has 0 spiro atoms. The molecule has 6 nitrogen and oxygen atoms in total. The maximum Gasteiger partial charge on any atom is 0.306 e. The summed E-state index contributed by atoms with van der Waals surface area (Å²) in [6.45, 7) is 6.25. The molecule has 0 aliphatic rings. The molecule has 0 amide bonds. The lowest BCUT2D eigenvalue weighted by Crippen LogP contribution is -2.30. The van der Waals surface area contributed by atoms with E-state index in [4.69, 9.17) is 14.2 Å².